The second-order valence-corrected chi connectivity index (χ2v) is 6.12. The number of hydrogen-bond acceptors (Lipinski definition) is 3. The van der Waals surface area contributed by atoms with Gasteiger partial charge in [-0.2, -0.15) is 0 Å². The molecule has 3 aromatic heterocycles. The molecule has 0 aliphatic carbocycles. The second kappa shape index (κ2) is 6.35. The number of carbonyl (C=O) groups excluding carboxylic acids is 1. The van der Waals surface area contributed by atoms with Crippen LogP contribution < -0.4 is 0 Å². The lowest BCUT2D eigenvalue weighted by molar-refractivity contribution is 0.0602. The third-order valence-electron chi connectivity index (χ3n) is 4.52. The molecule has 0 amide bonds. The number of H-pyrrole nitrogens is 2. The molecule has 0 atom stereocenters. The van der Waals surface area contributed by atoms with Crippen molar-refractivity contribution in [2.45, 2.75) is 6.92 Å². The maximum atomic E-state index is 14.5. The van der Waals surface area contributed by atoms with E-state index in [1.54, 1.807) is 24.5 Å². The van der Waals surface area contributed by atoms with Gasteiger partial charge in [0, 0.05) is 34.6 Å². The average molecular weight is 367 g/mol. The van der Waals surface area contributed by atoms with Gasteiger partial charge in [-0.3, -0.25) is 0 Å². The standard InChI is InChI=1S/C20H15F2N3O2/c1-10-3-4-13(17(22)16(10)21)18-14(20(26)27-2)9-15(25-18)11-5-7-23-19-12(11)6-8-24-19/h3-9,25H,1-2H3,(H,23,24). The molecule has 0 radical (unpaired) electrons. The van der Waals surface area contributed by atoms with Crippen LogP contribution in [0.15, 0.2) is 42.7 Å². The maximum absolute atomic E-state index is 14.5. The molecule has 5 nitrogen and oxygen atoms in total. The number of halogens is 2. The largest absolute Gasteiger partial charge is 0.465 e. The summed E-state index contributed by atoms with van der Waals surface area (Å²) in [6, 6.07) is 8.10. The van der Waals surface area contributed by atoms with Crippen LogP contribution in [0.5, 0.6) is 0 Å². The normalized spacial score (nSPS) is 11.1. The summed E-state index contributed by atoms with van der Waals surface area (Å²) in [5.41, 5.74) is 2.44. The Hall–Kier alpha value is -3.48. The molecule has 7 heteroatoms. The Bertz CT molecular complexity index is 1180. The molecule has 3 heterocycles. The van der Waals surface area contributed by atoms with E-state index in [-0.39, 0.29) is 22.4 Å². The first-order valence-corrected chi connectivity index (χ1v) is 8.20. The lowest BCUT2D eigenvalue weighted by Crippen LogP contribution is -2.03. The summed E-state index contributed by atoms with van der Waals surface area (Å²) in [5, 5.41) is 0.831. The second-order valence-electron chi connectivity index (χ2n) is 6.12. The fourth-order valence-corrected chi connectivity index (χ4v) is 3.12. The average Bonchev–Trinajstić information content (AvgIpc) is 3.32. The molecule has 0 saturated carbocycles. The highest BCUT2D eigenvalue weighted by molar-refractivity contribution is 6.00. The van der Waals surface area contributed by atoms with Gasteiger partial charge in [0.1, 0.15) is 5.65 Å². The van der Waals surface area contributed by atoms with Crippen LogP contribution >= 0.6 is 0 Å². The summed E-state index contributed by atoms with van der Waals surface area (Å²) in [6.07, 6.45) is 3.37. The number of fused-ring (bicyclic) bond motifs is 1. The summed E-state index contributed by atoms with van der Waals surface area (Å²) < 4.78 is 33.4. The molecule has 27 heavy (non-hydrogen) atoms. The van der Waals surface area contributed by atoms with Crippen molar-refractivity contribution < 1.29 is 18.3 Å². The summed E-state index contributed by atoms with van der Waals surface area (Å²) in [5.74, 6) is -2.61. The molecule has 0 aliphatic heterocycles. The van der Waals surface area contributed by atoms with Crippen molar-refractivity contribution in [2.75, 3.05) is 7.11 Å². The van der Waals surface area contributed by atoms with E-state index in [9.17, 15) is 13.6 Å². The maximum Gasteiger partial charge on any atom is 0.340 e. The first kappa shape index (κ1) is 17.0. The van der Waals surface area contributed by atoms with E-state index in [0.29, 0.717) is 11.3 Å². The monoisotopic (exact) mass is 367 g/mol. The number of nitrogens with one attached hydrogen (secondary N) is 2. The van der Waals surface area contributed by atoms with Crippen LogP contribution in [-0.2, 0) is 4.74 Å². The van der Waals surface area contributed by atoms with Crippen molar-refractivity contribution in [1.82, 2.24) is 15.0 Å². The topological polar surface area (TPSA) is 70.8 Å². The van der Waals surface area contributed by atoms with E-state index in [1.165, 1.54) is 26.2 Å². The van der Waals surface area contributed by atoms with Gasteiger partial charge in [0.15, 0.2) is 11.6 Å². The molecular weight excluding hydrogens is 352 g/mol. The smallest absolute Gasteiger partial charge is 0.340 e. The van der Waals surface area contributed by atoms with Crippen LogP contribution in [0.1, 0.15) is 15.9 Å². The Morgan fingerprint density at radius 2 is 1.93 bits per heavy atom. The number of ether oxygens (including phenoxy) is 1. The predicted molar refractivity (Wildman–Crippen MR) is 97.3 cm³/mol. The highest BCUT2D eigenvalue weighted by Gasteiger charge is 2.23. The van der Waals surface area contributed by atoms with Crippen molar-refractivity contribution in [2.24, 2.45) is 0 Å². The van der Waals surface area contributed by atoms with Gasteiger partial charge in [0.2, 0.25) is 0 Å². The number of carbonyl (C=O) groups is 1. The SMILES string of the molecule is COC(=O)c1cc(-c2ccnc3[nH]ccc23)[nH]c1-c1ccc(C)c(F)c1F. The summed E-state index contributed by atoms with van der Waals surface area (Å²) in [7, 11) is 1.24. The van der Waals surface area contributed by atoms with Crippen LogP contribution in [0.2, 0.25) is 0 Å². The lowest BCUT2D eigenvalue weighted by Gasteiger charge is -2.07. The van der Waals surface area contributed by atoms with Crippen LogP contribution in [0.4, 0.5) is 8.78 Å². The van der Waals surface area contributed by atoms with Crippen LogP contribution in [0, 0.1) is 18.6 Å². The minimum atomic E-state index is -1.02. The van der Waals surface area contributed by atoms with E-state index in [1.807, 2.05) is 6.07 Å². The first-order chi connectivity index (χ1) is 13.0. The number of pyridine rings is 1. The fraction of sp³-hybridized carbons (Fsp3) is 0.100. The number of aromatic amines is 2. The number of nitrogens with zero attached hydrogens (tertiary/aromatic N) is 1. The van der Waals surface area contributed by atoms with Gasteiger partial charge < -0.3 is 14.7 Å². The lowest BCUT2D eigenvalue weighted by atomic mass is 10.0. The van der Waals surface area contributed by atoms with Crippen molar-refractivity contribution in [3.63, 3.8) is 0 Å². The zero-order chi connectivity index (χ0) is 19.1. The van der Waals surface area contributed by atoms with Gasteiger partial charge in [-0.25, -0.2) is 18.6 Å². The van der Waals surface area contributed by atoms with Gasteiger partial charge in [0.05, 0.1) is 18.4 Å². The molecule has 0 fully saturated rings. The van der Waals surface area contributed by atoms with Crippen molar-refractivity contribution in [1.29, 1.82) is 0 Å². The zero-order valence-corrected chi connectivity index (χ0v) is 14.6. The highest BCUT2D eigenvalue weighted by Crippen LogP contribution is 2.34. The van der Waals surface area contributed by atoms with Gasteiger partial charge >= 0.3 is 5.97 Å². The minimum absolute atomic E-state index is 0.0379. The van der Waals surface area contributed by atoms with Gasteiger partial charge in [-0.05, 0) is 36.8 Å². The van der Waals surface area contributed by atoms with E-state index in [2.05, 4.69) is 15.0 Å². The zero-order valence-electron chi connectivity index (χ0n) is 14.6. The van der Waals surface area contributed by atoms with Crippen LogP contribution in [0.3, 0.4) is 0 Å². The van der Waals surface area contributed by atoms with Crippen molar-refractivity contribution in [3.8, 4) is 22.5 Å². The summed E-state index contributed by atoms with van der Waals surface area (Å²) in [6.45, 7) is 1.48. The minimum Gasteiger partial charge on any atom is -0.465 e. The quantitative estimate of drug-likeness (QED) is 0.520. The van der Waals surface area contributed by atoms with E-state index in [4.69, 9.17) is 4.74 Å². The predicted octanol–water partition coefficient (Wildman–Crippen LogP) is 4.60. The number of aromatic nitrogens is 3. The van der Waals surface area contributed by atoms with E-state index >= 15 is 0 Å². The third-order valence-corrected chi connectivity index (χ3v) is 4.52. The summed E-state index contributed by atoms with van der Waals surface area (Å²) in [4.78, 5) is 22.5. The molecule has 4 aromatic rings. The van der Waals surface area contributed by atoms with E-state index in [0.717, 1.165) is 10.9 Å². The molecule has 0 unspecified atom stereocenters. The number of methoxy groups -OCH3 is 1. The summed E-state index contributed by atoms with van der Waals surface area (Å²) >= 11 is 0. The molecule has 0 aliphatic rings. The first-order valence-electron chi connectivity index (χ1n) is 8.20. The molecule has 0 bridgehead atoms. The van der Waals surface area contributed by atoms with Crippen molar-refractivity contribution in [3.05, 3.63) is 65.5 Å². The number of aryl methyl sites for hydroxylation is 1. The molecule has 2 N–H and O–H groups in total. The Balaban J connectivity index is 1.97. The molecular formula is C20H15F2N3O2. The molecule has 4 rings (SSSR count). The molecule has 0 spiro atoms. The number of esters is 1. The number of hydrogen-bond donors (Lipinski definition) is 2. The fourth-order valence-electron chi connectivity index (χ4n) is 3.12. The Morgan fingerprint density at radius 1 is 1.11 bits per heavy atom. The van der Waals surface area contributed by atoms with Gasteiger partial charge in [-0.15, -0.1) is 0 Å². The van der Waals surface area contributed by atoms with Gasteiger partial charge in [-0.1, -0.05) is 6.07 Å². The molecule has 136 valence electrons. The number of benzene rings is 1. The highest BCUT2D eigenvalue weighted by atomic mass is 19.2. The Kier molecular flexibility index (Phi) is 3.99. The van der Waals surface area contributed by atoms with Gasteiger partial charge in [0.25, 0.3) is 0 Å². The van der Waals surface area contributed by atoms with Crippen molar-refractivity contribution >= 4 is 17.0 Å². The third kappa shape index (κ3) is 2.68. The molecule has 0 saturated heterocycles. The van der Waals surface area contributed by atoms with Crippen LogP contribution in [-0.4, -0.2) is 28.0 Å². The Morgan fingerprint density at radius 3 is 2.70 bits per heavy atom. The molecule has 1 aromatic carbocycles. The van der Waals surface area contributed by atoms with E-state index < -0.39 is 17.6 Å². The van der Waals surface area contributed by atoms with Crippen LogP contribution in [0.25, 0.3) is 33.5 Å². The Labute approximate surface area is 153 Å². The number of rotatable bonds is 3.